The quantitative estimate of drug-likeness (QED) is 0.781. The van der Waals surface area contributed by atoms with Gasteiger partial charge in [-0.3, -0.25) is 4.79 Å². The molecular weight excluding hydrogens is 319 g/mol. The van der Waals surface area contributed by atoms with Crippen molar-refractivity contribution in [2.75, 3.05) is 6.61 Å². The van der Waals surface area contributed by atoms with E-state index in [4.69, 9.17) is 16.7 Å². The molecule has 122 valence electrons. The van der Waals surface area contributed by atoms with Gasteiger partial charge in [0.1, 0.15) is 0 Å². The number of aliphatic hydroxyl groups excluding tert-OH is 1. The highest BCUT2D eigenvalue weighted by molar-refractivity contribution is 6.30. The third-order valence-electron chi connectivity index (χ3n) is 2.92. The molecule has 1 atom stereocenters. The minimum absolute atomic E-state index is 0.0331. The van der Waals surface area contributed by atoms with Gasteiger partial charge in [0.15, 0.2) is 0 Å². The van der Waals surface area contributed by atoms with Gasteiger partial charge in [-0.05, 0) is 37.5 Å². The van der Waals surface area contributed by atoms with Crippen LogP contribution >= 0.6 is 11.6 Å². The number of aliphatic hydroxyl groups is 1. The molecule has 1 rings (SSSR count). The van der Waals surface area contributed by atoms with E-state index in [1.807, 2.05) is 0 Å². The number of carbonyl (C=O) groups is 1. The maximum atomic E-state index is 13.1. The molecule has 0 saturated heterocycles. The highest BCUT2D eigenvalue weighted by atomic mass is 35.5. The lowest BCUT2D eigenvalue weighted by atomic mass is 10.0. The Labute approximate surface area is 131 Å². The minimum atomic E-state index is -4.65. The second-order valence-electron chi connectivity index (χ2n) is 4.84. The standard InChI is InChI=1S/C15H17ClF3NO2/c1-10(3-2-8-21)20-14(22)9-13(15(17,18)19)11-4-6-12(16)7-5-11/h4-7,9-10,21H,2-3,8H2,1H3,(H,20,22)/b13-9-. The third-order valence-corrected chi connectivity index (χ3v) is 3.17. The molecule has 0 aliphatic rings. The van der Waals surface area contributed by atoms with E-state index in [2.05, 4.69) is 5.32 Å². The molecule has 0 spiro atoms. The van der Waals surface area contributed by atoms with E-state index < -0.39 is 17.7 Å². The van der Waals surface area contributed by atoms with E-state index in [9.17, 15) is 18.0 Å². The number of hydrogen-bond donors (Lipinski definition) is 2. The lowest BCUT2D eigenvalue weighted by Crippen LogP contribution is -2.32. The van der Waals surface area contributed by atoms with Gasteiger partial charge in [0.05, 0.1) is 5.57 Å². The second-order valence-corrected chi connectivity index (χ2v) is 5.27. The Hall–Kier alpha value is -1.53. The predicted octanol–water partition coefficient (Wildman–Crippen LogP) is 3.56. The summed E-state index contributed by atoms with van der Waals surface area (Å²) in [6, 6.07) is 4.76. The number of benzene rings is 1. The summed E-state index contributed by atoms with van der Waals surface area (Å²) in [6.45, 7) is 1.63. The minimum Gasteiger partial charge on any atom is -0.396 e. The van der Waals surface area contributed by atoms with Gasteiger partial charge in [-0.1, -0.05) is 23.7 Å². The summed E-state index contributed by atoms with van der Waals surface area (Å²) in [5, 5.41) is 11.4. The van der Waals surface area contributed by atoms with Gasteiger partial charge in [0.2, 0.25) is 5.91 Å². The van der Waals surface area contributed by atoms with Crippen LogP contribution in [0.15, 0.2) is 30.3 Å². The summed E-state index contributed by atoms with van der Waals surface area (Å²) in [7, 11) is 0. The van der Waals surface area contributed by atoms with Crippen LogP contribution in [0, 0.1) is 0 Å². The van der Waals surface area contributed by atoms with Crippen molar-refractivity contribution in [3.8, 4) is 0 Å². The molecule has 0 heterocycles. The summed E-state index contributed by atoms with van der Waals surface area (Å²) >= 11 is 5.65. The van der Waals surface area contributed by atoms with Gasteiger partial charge in [0, 0.05) is 23.7 Å². The van der Waals surface area contributed by atoms with Crippen LogP contribution < -0.4 is 5.32 Å². The Morgan fingerprint density at radius 2 is 1.95 bits per heavy atom. The number of nitrogens with one attached hydrogen (secondary N) is 1. The number of amides is 1. The van der Waals surface area contributed by atoms with Crippen LogP contribution in [0.2, 0.25) is 5.02 Å². The largest absolute Gasteiger partial charge is 0.417 e. The van der Waals surface area contributed by atoms with Crippen molar-refractivity contribution < 1.29 is 23.1 Å². The first-order chi connectivity index (χ1) is 10.2. The Morgan fingerprint density at radius 1 is 1.36 bits per heavy atom. The number of carbonyl (C=O) groups excluding carboxylic acids is 1. The lowest BCUT2D eigenvalue weighted by Gasteiger charge is -2.15. The normalized spacial score (nSPS) is 13.8. The fourth-order valence-electron chi connectivity index (χ4n) is 1.84. The fraction of sp³-hybridized carbons (Fsp3) is 0.400. The Morgan fingerprint density at radius 3 is 2.45 bits per heavy atom. The molecule has 22 heavy (non-hydrogen) atoms. The zero-order chi connectivity index (χ0) is 16.8. The molecule has 1 aromatic rings. The summed E-state index contributed by atoms with van der Waals surface area (Å²) < 4.78 is 39.3. The topological polar surface area (TPSA) is 49.3 Å². The van der Waals surface area contributed by atoms with Gasteiger partial charge in [-0.15, -0.1) is 0 Å². The van der Waals surface area contributed by atoms with Crippen LogP contribution in [-0.2, 0) is 4.79 Å². The third kappa shape index (κ3) is 6.07. The molecule has 1 unspecified atom stereocenters. The molecule has 0 saturated carbocycles. The molecule has 0 aliphatic heterocycles. The summed E-state index contributed by atoms with van der Waals surface area (Å²) in [5.41, 5.74) is -1.16. The summed E-state index contributed by atoms with van der Waals surface area (Å²) in [5.74, 6) is -0.826. The van der Waals surface area contributed by atoms with Crippen molar-refractivity contribution in [2.24, 2.45) is 0 Å². The second kappa shape index (κ2) is 8.19. The van der Waals surface area contributed by atoms with Crippen LogP contribution in [0.5, 0.6) is 0 Å². The average Bonchev–Trinajstić information content (AvgIpc) is 2.42. The Kier molecular flexibility index (Phi) is 6.90. The number of allylic oxidation sites excluding steroid dienone is 1. The van der Waals surface area contributed by atoms with Crippen molar-refractivity contribution in [1.29, 1.82) is 0 Å². The van der Waals surface area contributed by atoms with E-state index in [1.165, 1.54) is 24.3 Å². The molecule has 7 heteroatoms. The van der Waals surface area contributed by atoms with Crippen LogP contribution in [0.25, 0.3) is 5.57 Å². The zero-order valence-electron chi connectivity index (χ0n) is 12.0. The fourth-order valence-corrected chi connectivity index (χ4v) is 1.97. The van der Waals surface area contributed by atoms with Gasteiger partial charge in [-0.2, -0.15) is 13.2 Å². The summed E-state index contributed by atoms with van der Waals surface area (Å²) in [4.78, 5) is 11.7. The maximum Gasteiger partial charge on any atom is 0.417 e. The first kappa shape index (κ1) is 18.5. The molecule has 1 amide bonds. The van der Waals surface area contributed by atoms with Crippen molar-refractivity contribution in [3.05, 3.63) is 40.9 Å². The average molecular weight is 336 g/mol. The van der Waals surface area contributed by atoms with Crippen molar-refractivity contribution >= 4 is 23.1 Å². The van der Waals surface area contributed by atoms with Crippen molar-refractivity contribution in [1.82, 2.24) is 5.32 Å². The van der Waals surface area contributed by atoms with Crippen LogP contribution in [0.3, 0.4) is 0 Å². The highest BCUT2D eigenvalue weighted by Crippen LogP contribution is 2.34. The Balaban J connectivity index is 2.92. The van der Waals surface area contributed by atoms with Gasteiger partial charge in [-0.25, -0.2) is 0 Å². The summed E-state index contributed by atoms with van der Waals surface area (Å²) in [6.07, 6.45) is -3.16. The van der Waals surface area contributed by atoms with Gasteiger partial charge >= 0.3 is 6.18 Å². The number of hydrogen-bond acceptors (Lipinski definition) is 2. The molecule has 0 bridgehead atoms. The van der Waals surface area contributed by atoms with Gasteiger partial charge < -0.3 is 10.4 Å². The molecule has 0 aliphatic carbocycles. The van der Waals surface area contributed by atoms with E-state index in [1.54, 1.807) is 6.92 Å². The van der Waals surface area contributed by atoms with Gasteiger partial charge in [0.25, 0.3) is 0 Å². The van der Waals surface area contributed by atoms with Crippen LogP contribution in [-0.4, -0.2) is 29.8 Å². The highest BCUT2D eigenvalue weighted by Gasteiger charge is 2.35. The molecular formula is C15H17ClF3NO2. The van der Waals surface area contributed by atoms with Crippen LogP contribution in [0.1, 0.15) is 25.3 Å². The first-order valence-electron chi connectivity index (χ1n) is 6.70. The number of rotatable bonds is 6. The van der Waals surface area contributed by atoms with E-state index in [0.29, 0.717) is 23.9 Å². The molecule has 1 aromatic carbocycles. The van der Waals surface area contributed by atoms with Crippen LogP contribution in [0.4, 0.5) is 13.2 Å². The predicted molar refractivity (Wildman–Crippen MR) is 79.4 cm³/mol. The first-order valence-corrected chi connectivity index (χ1v) is 7.08. The van der Waals surface area contributed by atoms with E-state index in [-0.39, 0.29) is 18.2 Å². The molecule has 3 nitrogen and oxygen atoms in total. The maximum absolute atomic E-state index is 13.1. The lowest BCUT2D eigenvalue weighted by molar-refractivity contribution is -0.117. The molecule has 2 N–H and O–H groups in total. The van der Waals surface area contributed by atoms with Crippen molar-refractivity contribution in [3.63, 3.8) is 0 Å². The van der Waals surface area contributed by atoms with E-state index >= 15 is 0 Å². The zero-order valence-corrected chi connectivity index (χ0v) is 12.7. The van der Waals surface area contributed by atoms with Crippen molar-refractivity contribution in [2.45, 2.75) is 32.0 Å². The number of halogens is 4. The smallest absolute Gasteiger partial charge is 0.396 e. The molecule has 0 aromatic heterocycles. The number of alkyl halides is 3. The molecule has 0 radical (unpaired) electrons. The monoisotopic (exact) mass is 335 g/mol. The van der Waals surface area contributed by atoms with E-state index in [0.717, 1.165) is 0 Å². The Bertz CT molecular complexity index is 527. The molecule has 0 fully saturated rings. The SMILES string of the molecule is CC(CCCO)NC(=O)/C=C(/c1ccc(Cl)cc1)C(F)(F)F.